The zero-order valence-corrected chi connectivity index (χ0v) is 13.1. The molecule has 0 bridgehead atoms. The zero-order chi connectivity index (χ0) is 15.1. The van der Waals surface area contributed by atoms with Crippen molar-refractivity contribution in [2.24, 2.45) is 0 Å². The Balaban J connectivity index is 1.47. The first-order valence-electron chi connectivity index (χ1n) is 7.91. The molecule has 0 spiro atoms. The third-order valence-electron chi connectivity index (χ3n) is 4.49. The van der Waals surface area contributed by atoms with E-state index in [9.17, 15) is 0 Å². The highest BCUT2D eigenvalue weighted by molar-refractivity contribution is 5.77. The average molecular weight is 295 g/mol. The van der Waals surface area contributed by atoms with Crippen LogP contribution in [0, 0.1) is 13.8 Å². The minimum absolute atomic E-state index is 0.484. The second kappa shape index (κ2) is 5.29. The summed E-state index contributed by atoms with van der Waals surface area (Å²) in [6.45, 7) is 7.22. The Kier molecular flexibility index (Phi) is 3.26. The number of furan rings is 1. The van der Waals surface area contributed by atoms with Gasteiger partial charge in [-0.2, -0.15) is 5.10 Å². The van der Waals surface area contributed by atoms with Gasteiger partial charge in [0, 0.05) is 24.2 Å². The zero-order valence-electron chi connectivity index (χ0n) is 13.1. The minimum atomic E-state index is 0.484. The molecule has 0 saturated carbocycles. The first-order chi connectivity index (χ1) is 10.7. The molecule has 4 heteroatoms. The van der Waals surface area contributed by atoms with Crippen molar-refractivity contribution in [3.8, 4) is 0 Å². The second-order valence-corrected chi connectivity index (χ2v) is 6.30. The number of rotatable bonds is 3. The molecule has 22 heavy (non-hydrogen) atoms. The molecule has 3 heterocycles. The number of hydrogen-bond donors (Lipinski definition) is 0. The van der Waals surface area contributed by atoms with Crippen LogP contribution in [-0.2, 0) is 6.54 Å². The smallest absolute Gasteiger partial charge is 0.134 e. The number of aryl methyl sites for hydroxylation is 2. The van der Waals surface area contributed by atoms with Crippen LogP contribution in [0.3, 0.4) is 0 Å². The quantitative estimate of drug-likeness (QED) is 0.739. The number of hydrogen-bond acceptors (Lipinski definition) is 3. The summed E-state index contributed by atoms with van der Waals surface area (Å²) in [5, 5.41) is 5.82. The molecule has 0 aliphatic carbocycles. The number of nitrogens with zero attached hydrogens (tertiary/aromatic N) is 3. The molecule has 1 aliphatic heterocycles. The average Bonchev–Trinajstić information content (AvgIpc) is 3.17. The molecule has 1 aromatic carbocycles. The van der Waals surface area contributed by atoms with E-state index in [0.29, 0.717) is 6.04 Å². The summed E-state index contributed by atoms with van der Waals surface area (Å²) in [5.74, 6) is 1.05. The van der Waals surface area contributed by atoms with Gasteiger partial charge >= 0.3 is 0 Å². The van der Waals surface area contributed by atoms with Crippen molar-refractivity contribution in [1.82, 2.24) is 14.7 Å². The first-order valence-corrected chi connectivity index (χ1v) is 7.91. The number of likely N-dealkylation sites (tertiary alicyclic amines) is 1. The Labute approximate surface area is 130 Å². The van der Waals surface area contributed by atoms with Crippen LogP contribution in [0.15, 0.2) is 40.8 Å². The molecule has 4 rings (SSSR count). The fourth-order valence-corrected chi connectivity index (χ4v) is 3.51. The fourth-order valence-electron chi connectivity index (χ4n) is 3.51. The lowest BCUT2D eigenvalue weighted by atomic mass is 10.2. The molecule has 0 radical (unpaired) electrons. The molecule has 1 aliphatic rings. The van der Waals surface area contributed by atoms with Crippen LogP contribution in [0.4, 0.5) is 0 Å². The largest absolute Gasteiger partial charge is 0.460 e. The van der Waals surface area contributed by atoms with Gasteiger partial charge in [-0.05, 0) is 38.5 Å². The van der Waals surface area contributed by atoms with Gasteiger partial charge in [0.2, 0.25) is 0 Å². The molecular weight excluding hydrogens is 274 g/mol. The predicted octanol–water partition coefficient (Wildman–Crippen LogP) is 3.69. The standard InChI is InChI=1S/C18H21N3O/c1-13-9-14(2)21(19-13)16-7-8-20(11-16)12-17-10-15-5-3-4-6-18(15)22-17/h3-6,9-10,16H,7-8,11-12H2,1-2H3/t16-/m1/s1. The van der Waals surface area contributed by atoms with Gasteiger partial charge in [-0.25, -0.2) is 0 Å². The Morgan fingerprint density at radius 1 is 1.23 bits per heavy atom. The molecule has 2 aromatic heterocycles. The number of para-hydroxylation sites is 1. The number of benzene rings is 1. The monoisotopic (exact) mass is 295 g/mol. The van der Waals surface area contributed by atoms with Crippen molar-refractivity contribution in [2.75, 3.05) is 13.1 Å². The summed E-state index contributed by atoms with van der Waals surface area (Å²) in [6, 6.07) is 13.0. The van der Waals surface area contributed by atoms with E-state index in [1.807, 2.05) is 12.1 Å². The highest BCUT2D eigenvalue weighted by Crippen LogP contribution is 2.26. The van der Waals surface area contributed by atoms with E-state index in [-0.39, 0.29) is 0 Å². The van der Waals surface area contributed by atoms with Crippen LogP contribution in [0.1, 0.15) is 29.6 Å². The first kappa shape index (κ1) is 13.6. The Morgan fingerprint density at radius 3 is 2.86 bits per heavy atom. The maximum atomic E-state index is 5.93. The lowest BCUT2D eigenvalue weighted by molar-refractivity contribution is 0.286. The molecule has 1 fully saturated rings. The van der Waals surface area contributed by atoms with Gasteiger partial charge in [0.05, 0.1) is 18.3 Å². The molecule has 114 valence electrons. The van der Waals surface area contributed by atoms with E-state index in [2.05, 4.69) is 52.8 Å². The highest BCUT2D eigenvalue weighted by atomic mass is 16.3. The van der Waals surface area contributed by atoms with Gasteiger partial charge in [-0.1, -0.05) is 18.2 Å². The molecule has 0 N–H and O–H groups in total. The fraction of sp³-hybridized carbons (Fsp3) is 0.389. The lowest BCUT2D eigenvalue weighted by Crippen LogP contribution is -2.21. The van der Waals surface area contributed by atoms with Gasteiger partial charge in [0.15, 0.2) is 0 Å². The summed E-state index contributed by atoms with van der Waals surface area (Å²) < 4.78 is 8.12. The van der Waals surface area contributed by atoms with Crippen LogP contribution < -0.4 is 0 Å². The summed E-state index contributed by atoms with van der Waals surface area (Å²) in [6.07, 6.45) is 1.15. The van der Waals surface area contributed by atoms with Crippen LogP contribution in [0.5, 0.6) is 0 Å². The van der Waals surface area contributed by atoms with E-state index in [1.165, 1.54) is 11.1 Å². The maximum absolute atomic E-state index is 5.93. The molecular formula is C18H21N3O. The molecule has 0 unspecified atom stereocenters. The van der Waals surface area contributed by atoms with Crippen LogP contribution in [0.2, 0.25) is 0 Å². The lowest BCUT2D eigenvalue weighted by Gasteiger charge is -2.15. The van der Waals surface area contributed by atoms with E-state index < -0.39 is 0 Å². The van der Waals surface area contributed by atoms with Crippen molar-refractivity contribution in [3.63, 3.8) is 0 Å². The van der Waals surface area contributed by atoms with E-state index in [0.717, 1.165) is 43.1 Å². The van der Waals surface area contributed by atoms with Crippen LogP contribution in [-0.4, -0.2) is 27.8 Å². The van der Waals surface area contributed by atoms with Crippen LogP contribution in [0.25, 0.3) is 11.0 Å². The van der Waals surface area contributed by atoms with E-state index in [1.54, 1.807) is 0 Å². The number of fused-ring (bicyclic) bond motifs is 1. The van der Waals surface area contributed by atoms with Crippen LogP contribution >= 0.6 is 0 Å². The number of aromatic nitrogens is 2. The molecule has 4 nitrogen and oxygen atoms in total. The SMILES string of the molecule is Cc1cc(C)n([C@@H]2CCN(Cc3cc4ccccc4o3)C2)n1. The third kappa shape index (κ3) is 2.44. The third-order valence-corrected chi connectivity index (χ3v) is 4.49. The normalized spacial score (nSPS) is 19.3. The van der Waals surface area contributed by atoms with Crippen molar-refractivity contribution < 1.29 is 4.42 Å². The van der Waals surface area contributed by atoms with Crippen molar-refractivity contribution in [3.05, 3.63) is 53.5 Å². The highest BCUT2D eigenvalue weighted by Gasteiger charge is 2.26. The summed E-state index contributed by atoms with van der Waals surface area (Å²) in [7, 11) is 0. The summed E-state index contributed by atoms with van der Waals surface area (Å²) >= 11 is 0. The molecule has 0 amide bonds. The van der Waals surface area contributed by atoms with Gasteiger partial charge in [-0.15, -0.1) is 0 Å². The van der Waals surface area contributed by atoms with Gasteiger partial charge in [0.25, 0.3) is 0 Å². The summed E-state index contributed by atoms with van der Waals surface area (Å²) in [5.41, 5.74) is 3.34. The minimum Gasteiger partial charge on any atom is -0.460 e. The van der Waals surface area contributed by atoms with Crippen molar-refractivity contribution in [2.45, 2.75) is 32.9 Å². The predicted molar refractivity (Wildman–Crippen MR) is 86.8 cm³/mol. The topological polar surface area (TPSA) is 34.2 Å². The van der Waals surface area contributed by atoms with Gasteiger partial charge in [0.1, 0.15) is 11.3 Å². The Bertz CT molecular complexity index is 769. The van der Waals surface area contributed by atoms with Gasteiger partial charge in [-0.3, -0.25) is 9.58 Å². The maximum Gasteiger partial charge on any atom is 0.134 e. The Hall–Kier alpha value is -2.07. The second-order valence-electron chi connectivity index (χ2n) is 6.30. The molecule has 1 saturated heterocycles. The van der Waals surface area contributed by atoms with Crippen molar-refractivity contribution in [1.29, 1.82) is 0 Å². The molecule has 1 atom stereocenters. The Morgan fingerprint density at radius 2 is 2.09 bits per heavy atom. The van der Waals surface area contributed by atoms with Gasteiger partial charge < -0.3 is 4.42 Å². The van der Waals surface area contributed by atoms with E-state index in [4.69, 9.17) is 4.42 Å². The molecule has 3 aromatic rings. The van der Waals surface area contributed by atoms with Crippen molar-refractivity contribution >= 4 is 11.0 Å². The van der Waals surface area contributed by atoms with E-state index >= 15 is 0 Å². The summed E-state index contributed by atoms with van der Waals surface area (Å²) in [4.78, 5) is 2.46.